The molecular weight excluding hydrogens is 260 g/mol. The van der Waals surface area contributed by atoms with Gasteiger partial charge in [0.1, 0.15) is 0 Å². The molecule has 0 amide bonds. The average molecular weight is 280 g/mol. The van der Waals surface area contributed by atoms with E-state index in [1.165, 1.54) is 5.56 Å². The van der Waals surface area contributed by atoms with Gasteiger partial charge in [-0.25, -0.2) is 8.42 Å². The van der Waals surface area contributed by atoms with Crippen molar-refractivity contribution < 1.29 is 8.42 Å². The van der Waals surface area contributed by atoms with Crippen LogP contribution in [0.4, 0.5) is 5.69 Å². The zero-order valence-corrected chi connectivity index (χ0v) is 11.8. The highest BCUT2D eigenvalue weighted by molar-refractivity contribution is 7.93. The van der Waals surface area contributed by atoms with Gasteiger partial charge in [-0.1, -0.05) is 12.1 Å². The van der Waals surface area contributed by atoms with E-state index in [4.69, 9.17) is 5.73 Å². The number of nitrogens with two attached hydrogens (primary N) is 1. The summed E-state index contributed by atoms with van der Waals surface area (Å²) in [6.45, 7) is 1.25. The van der Waals surface area contributed by atoms with Crippen LogP contribution < -0.4 is 10.0 Å². The fraction of sp³-hybridized carbons (Fsp3) is 0.571. The monoisotopic (exact) mass is 280 g/mol. The molecular formula is C14H20N2O2S. The third-order valence-electron chi connectivity index (χ3n) is 3.91. The lowest BCUT2D eigenvalue weighted by Crippen LogP contribution is -2.37. The van der Waals surface area contributed by atoms with E-state index >= 15 is 0 Å². The number of benzene rings is 1. The molecule has 1 fully saturated rings. The van der Waals surface area contributed by atoms with Crippen LogP contribution in [0.5, 0.6) is 0 Å². The summed E-state index contributed by atoms with van der Waals surface area (Å²) in [5, 5.41) is -0.137. The standard InChI is InChI=1S/C14H20N2O2S/c15-8-7-11-3-6-14-12(10-11)2-1-9-16(14)19(17,18)13-4-5-13/h3,6,10,13H,1-2,4-5,7-9,15H2. The summed E-state index contributed by atoms with van der Waals surface area (Å²) in [5.41, 5.74) is 8.82. The number of hydrogen-bond donors (Lipinski definition) is 1. The van der Waals surface area contributed by atoms with Crippen LogP contribution in [0.25, 0.3) is 0 Å². The molecule has 0 unspecified atom stereocenters. The summed E-state index contributed by atoms with van der Waals surface area (Å²) in [5.74, 6) is 0. The second-order valence-electron chi connectivity index (χ2n) is 5.42. The minimum atomic E-state index is -3.12. The van der Waals surface area contributed by atoms with Gasteiger partial charge in [0.05, 0.1) is 10.9 Å². The summed E-state index contributed by atoms with van der Waals surface area (Å²) >= 11 is 0. The zero-order valence-electron chi connectivity index (χ0n) is 11.0. The van der Waals surface area contributed by atoms with E-state index in [1.807, 2.05) is 12.1 Å². The molecule has 19 heavy (non-hydrogen) atoms. The van der Waals surface area contributed by atoms with Crippen molar-refractivity contribution in [2.24, 2.45) is 5.73 Å². The first-order valence-electron chi connectivity index (χ1n) is 6.96. The van der Waals surface area contributed by atoms with Gasteiger partial charge in [-0.15, -0.1) is 0 Å². The van der Waals surface area contributed by atoms with E-state index < -0.39 is 10.0 Å². The van der Waals surface area contributed by atoms with Crippen LogP contribution >= 0.6 is 0 Å². The summed E-state index contributed by atoms with van der Waals surface area (Å²) in [4.78, 5) is 0. The van der Waals surface area contributed by atoms with Gasteiger partial charge in [0.2, 0.25) is 10.0 Å². The van der Waals surface area contributed by atoms with Gasteiger partial charge in [-0.3, -0.25) is 4.31 Å². The third-order valence-corrected chi connectivity index (χ3v) is 6.21. The number of rotatable bonds is 4. The Bertz CT molecular complexity index is 579. The van der Waals surface area contributed by atoms with Crippen molar-refractivity contribution in [1.82, 2.24) is 0 Å². The van der Waals surface area contributed by atoms with Crippen LogP contribution in [0.1, 0.15) is 30.4 Å². The lowest BCUT2D eigenvalue weighted by atomic mass is 9.99. The van der Waals surface area contributed by atoms with Crippen LogP contribution in [0.15, 0.2) is 18.2 Å². The highest BCUT2D eigenvalue weighted by Gasteiger charge is 2.41. The van der Waals surface area contributed by atoms with Crippen LogP contribution in [0, 0.1) is 0 Å². The van der Waals surface area contributed by atoms with Gasteiger partial charge in [-0.05, 0) is 55.8 Å². The topological polar surface area (TPSA) is 63.4 Å². The Balaban J connectivity index is 1.96. The van der Waals surface area contributed by atoms with E-state index in [2.05, 4.69) is 6.07 Å². The van der Waals surface area contributed by atoms with Crippen molar-refractivity contribution in [3.8, 4) is 0 Å². The highest BCUT2D eigenvalue weighted by atomic mass is 32.2. The van der Waals surface area contributed by atoms with Crippen LogP contribution in [0.3, 0.4) is 0 Å². The predicted molar refractivity (Wildman–Crippen MR) is 76.8 cm³/mol. The van der Waals surface area contributed by atoms with Crippen molar-refractivity contribution in [1.29, 1.82) is 0 Å². The minimum absolute atomic E-state index is 0.137. The maximum absolute atomic E-state index is 12.4. The van der Waals surface area contributed by atoms with E-state index in [1.54, 1.807) is 4.31 Å². The van der Waals surface area contributed by atoms with E-state index in [9.17, 15) is 8.42 Å². The predicted octanol–water partition coefficient (Wildman–Crippen LogP) is 1.43. The summed E-state index contributed by atoms with van der Waals surface area (Å²) in [7, 11) is -3.12. The normalized spacial score (nSPS) is 19.3. The molecule has 1 aliphatic carbocycles. The van der Waals surface area contributed by atoms with Crippen molar-refractivity contribution in [2.75, 3.05) is 17.4 Å². The Kier molecular flexibility index (Phi) is 3.27. The second kappa shape index (κ2) is 4.80. The van der Waals surface area contributed by atoms with E-state index in [0.29, 0.717) is 13.1 Å². The second-order valence-corrected chi connectivity index (χ2v) is 7.56. The largest absolute Gasteiger partial charge is 0.330 e. The number of hydrogen-bond acceptors (Lipinski definition) is 3. The number of nitrogens with zero attached hydrogens (tertiary/aromatic N) is 1. The number of aryl methyl sites for hydroxylation is 1. The smallest absolute Gasteiger partial charge is 0.238 e. The number of anilines is 1. The molecule has 1 saturated carbocycles. The lowest BCUT2D eigenvalue weighted by Gasteiger charge is -2.31. The number of fused-ring (bicyclic) bond motifs is 1. The van der Waals surface area contributed by atoms with Gasteiger partial charge in [0.15, 0.2) is 0 Å². The Labute approximate surface area is 114 Å². The fourth-order valence-corrected chi connectivity index (χ4v) is 4.68. The molecule has 1 heterocycles. The van der Waals surface area contributed by atoms with Crippen LogP contribution in [-0.2, 0) is 22.9 Å². The van der Waals surface area contributed by atoms with Gasteiger partial charge >= 0.3 is 0 Å². The molecule has 1 aliphatic heterocycles. The summed E-state index contributed by atoms with van der Waals surface area (Å²) < 4.78 is 26.5. The Morgan fingerprint density at radius 2 is 2.11 bits per heavy atom. The molecule has 0 radical (unpaired) electrons. The van der Waals surface area contributed by atoms with E-state index in [-0.39, 0.29) is 5.25 Å². The molecule has 3 rings (SSSR count). The lowest BCUT2D eigenvalue weighted by molar-refractivity contribution is 0.585. The quantitative estimate of drug-likeness (QED) is 0.907. The van der Waals surface area contributed by atoms with Gasteiger partial charge in [0.25, 0.3) is 0 Å². The first-order valence-corrected chi connectivity index (χ1v) is 8.46. The first kappa shape index (κ1) is 12.9. The Morgan fingerprint density at radius 1 is 1.32 bits per heavy atom. The molecule has 0 saturated heterocycles. The number of sulfonamides is 1. The maximum atomic E-state index is 12.4. The van der Waals surface area contributed by atoms with Gasteiger partial charge in [0, 0.05) is 6.54 Å². The van der Waals surface area contributed by atoms with Crippen molar-refractivity contribution >= 4 is 15.7 Å². The molecule has 1 aromatic carbocycles. The molecule has 104 valence electrons. The molecule has 0 aromatic heterocycles. The molecule has 2 N–H and O–H groups in total. The van der Waals surface area contributed by atoms with Crippen LogP contribution in [-0.4, -0.2) is 26.8 Å². The highest BCUT2D eigenvalue weighted by Crippen LogP contribution is 2.37. The molecule has 2 aliphatic rings. The molecule has 4 nitrogen and oxygen atoms in total. The molecule has 0 atom stereocenters. The Hall–Kier alpha value is -1.07. The SMILES string of the molecule is NCCc1ccc2c(c1)CCCN2S(=O)(=O)C1CC1. The average Bonchev–Trinajstić information content (AvgIpc) is 3.22. The van der Waals surface area contributed by atoms with Crippen LogP contribution in [0.2, 0.25) is 0 Å². The molecule has 0 bridgehead atoms. The van der Waals surface area contributed by atoms with Crippen molar-refractivity contribution in [3.63, 3.8) is 0 Å². The molecule has 5 heteroatoms. The Morgan fingerprint density at radius 3 is 2.79 bits per heavy atom. The first-order chi connectivity index (χ1) is 9.13. The zero-order chi connectivity index (χ0) is 13.5. The van der Waals surface area contributed by atoms with Gasteiger partial charge < -0.3 is 5.73 Å². The fourth-order valence-electron chi connectivity index (χ4n) is 2.75. The van der Waals surface area contributed by atoms with E-state index in [0.717, 1.165) is 43.4 Å². The third kappa shape index (κ3) is 2.37. The molecule has 0 spiro atoms. The molecule has 1 aromatic rings. The maximum Gasteiger partial charge on any atom is 0.238 e. The summed E-state index contributed by atoms with van der Waals surface area (Å²) in [6.07, 6.45) is 4.36. The van der Waals surface area contributed by atoms with Crippen molar-refractivity contribution in [3.05, 3.63) is 29.3 Å². The van der Waals surface area contributed by atoms with Gasteiger partial charge in [-0.2, -0.15) is 0 Å². The minimum Gasteiger partial charge on any atom is -0.330 e. The summed E-state index contributed by atoms with van der Waals surface area (Å²) in [6, 6.07) is 6.09. The van der Waals surface area contributed by atoms with Crippen molar-refractivity contribution in [2.45, 2.75) is 37.4 Å².